The first kappa shape index (κ1) is 14.5. The van der Waals surface area contributed by atoms with Crippen LogP contribution in [0.5, 0.6) is 0 Å². The van der Waals surface area contributed by atoms with Crippen molar-refractivity contribution in [2.45, 2.75) is 26.5 Å². The first-order chi connectivity index (χ1) is 7.78. The van der Waals surface area contributed by atoms with Gasteiger partial charge in [-0.2, -0.15) is 0 Å². The minimum atomic E-state index is -0.868. The number of rotatable bonds is 4. The molecule has 0 spiro atoms. The molecule has 0 aromatic heterocycles. The molecule has 2 nitrogen and oxygen atoms in total. The third-order valence-electron chi connectivity index (χ3n) is 2.23. The number of nitrogens with one attached hydrogen (secondary N) is 1. The van der Waals surface area contributed by atoms with Crippen LogP contribution in [0.2, 0.25) is 5.02 Å². The average molecular weight is 274 g/mol. The van der Waals surface area contributed by atoms with Gasteiger partial charge in [0.15, 0.2) is 0 Å². The van der Waals surface area contributed by atoms with Crippen molar-refractivity contribution in [3.8, 4) is 0 Å². The molecule has 0 aliphatic heterocycles. The van der Waals surface area contributed by atoms with Gasteiger partial charge in [0.25, 0.3) is 0 Å². The molecule has 4 heteroatoms. The van der Waals surface area contributed by atoms with Crippen LogP contribution in [0.1, 0.15) is 26.3 Å². The van der Waals surface area contributed by atoms with E-state index in [2.05, 4.69) is 26.1 Å². The minimum Gasteiger partial charge on any atom is -0.385 e. The molecule has 1 N–H and O–H groups in total. The maximum atomic E-state index is 11.2. The lowest BCUT2D eigenvalue weighted by molar-refractivity contribution is 0.443. The van der Waals surface area contributed by atoms with E-state index in [0.29, 0.717) is 10.8 Å². The standard InChI is InChI=1S/C13H20ClNOS/c1-13(2,3)9-15-11-5-6-12(14)10(7-11)8-17(4)16/h5-7,15H,8-9H2,1-4H3/t17-/m0/s1. The molecule has 0 bridgehead atoms. The van der Waals surface area contributed by atoms with Gasteiger partial charge in [-0.1, -0.05) is 32.4 Å². The summed E-state index contributed by atoms with van der Waals surface area (Å²) < 4.78 is 11.2. The molecule has 0 saturated heterocycles. The number of hydrogen-bond acceptors (Lipinski definition) is 2. The van der Waals surface area contributed by atoms with E-state index in [1.54, 1.807) is 6.26 Å². The van der Waals surface area contributed by atoms with E-state index < -0.39 is 10.8 Å². The summed E-state index contributed by atoms with van der Waals surface area (Å²) in [5.74, 6) is 0.504. The zero-order chi connectivity index (χ0) is 13.1. The zero-order valence-electron chi connectivity index (χ0n) is 10.8. The van der Waals surface area contributed by atoms with E-state index in [9.17, 15) is 4.21 Å². The lowest BCUT2D eigenvalue weighted by Crippen LogP contribution is -2.19. The predicted octanol–water partition coefficient (Wildman–Crippen LogP) is 3.68. The molecule has 0 aliphatic rings. The molecule has 0 saturated carbocycles. The van der Waals surface area contributed by atoms with Crippen molar-refractivity contribution in [1.82, 2.24) is 0 Å². The normalized spacial score (nSPS) is 13.5. The van der Waals surface area contributed by atoms with Gasteiger partial charge in [-0.15, -0.1) is 0 Å². The smallest absolute Gasteiger partial charge is 0.0498 e. The molecule has 0 aliphatic carbocycles. The SMILES string of the molecule is C[S@](=O)Cc1cc(NCC(C)(C)C)ccc1Cl. The molecule has 0 fully saturated rings. The van der Waals surface area contributed by atoms with Gasteiger partial charge in [-0.05, 0) is 29.2 Å². The summed E-state index contributed by atoms with van der Waals surface area (Å²) in [6.45, 7) is 7.43. The van der Waals surface area contributed by atoms with Crippen molar-refractivity contribution in [3.05, 3.63) is 28.8 Å². The molecule has 17 heavy (non-hydrogen) atoms. The Morgan fingerprint density at radius 1 is 1.35 bits per heavy atom. The largest absolute Gasteiger partial charge is 0.385 e. The summed E-state index contributed by atoms with van der Waals surface area (Å²) >= 11 is 6.07. The fourth-order valence-electron chi connectivity index (χ4n) is 1.38. The quantitative estimate of drug-likeness (QED) is 0.907. The average Bonchev–Trinajstić information content (AvgIpc) is 2.17. The Morgan fingerprint density at radius 3 is 2.53 bits per heavy atom. The van der Waals surface area contributed by atoms with Crippen molar-refractivity contribution < 1.29 is 4.21 Å². The van der Waals surface area contributed by atoms with Crippen LogP contribution in [-0.2, 0) is 16.6 Å². The molecule has 1 aromatic rings. The summed E-state index contributed by atoms with van der Waals surface area (Å²) in [7, 11) is -0.868. The van der Waals surface area contributed by atoms with Gasteiger partial charge in [0.1, 0.15) is 0 Å². The van der Waals surface area contributed by atoms with E-state index in [4.69, 9.17) is 11.6 Å². The van der Waals surface area contributed by atoms with E-state index in [1.807, 2.05) is 18.2 Å². The van der Waals surface area contributed by atoms with Gasteiger partial charge < -0.3 is 5.32 Å². The van der Waals surface area contributed by atoms with Crippen molar-refractivity contribution in [2.75, 3.05) is 18.1 Å². The minimum absolute atomic E-state index is 0.230. The van der Waals surface area contributed by atoms with Crippen molar-refractivity contribution >= 4 is 28.1 Å². The summed E-state index contributed by atoms with van der Waals surface area (Å²) in [5.41, 5.74) is 2.20. The Balaban J connectivity index is 2.78. The van der Waals surface area contributed by atoms with Crippen LogP contribution in [0.15, 0.2) is 18.2 Å². The zero-order valence-corrected chi connectivity index (χ0v) is 12.4. The number of benzene rings is 1. The van der Waals surface area contributed by atoms with Crippen LogP contribution < -0.4 is 5.32 Å². The number of hydrogen-bond donors (Lipinski definition) is 1. The third kappa shape index (κ3) is 5.55. The molecule has 1 rings (SSSR count). The maximum absolute atomic E-state index is 11.2. The van der Waals surface area contributed by atoms with Gasteiger partial charge in [0, 0.05) is 40.1 Å². The molecule has 96 valence electrons. The van der Waals surface area contributed by atoms with Crippen LogP contribution in [0.4, 0.5) is 5.69 Å². The van der Waals surface area contributed by atoms with Crippen molar-refractivity contribution in [1.29, 1.82) is 0 Å². The molecular formula is C13H20ClNOS. The van der Waals surface area contributed by atoms with Gasteiger partial charge >= 0.3 is 0 Å². The Kier molecular flexibility index (Phi) is 5.02. The monoisotopic (exact) mass is 273 g/mol. The topological polar surface area (TPSA) is 29.1 Å². The number of anilines is 1. The van der Waals surface area contributed by atoms with Gasteiger partial charge in [-0.25, -0.2) is 0 Å². The summed E-state index contributed by atoms with van der Waals surface area (Å²) in [6, 6.07) is 5.79. The third-order valence-corrected chi connectivity index (χ3v) is 3.31. The Bertz CT molecular complexity index is 412. The van der Waals surface area contributed by atoms with E-state index in [0.717, 1.165) is 17.8 Å². The van der Waals surface area contributed by atoms with E-state index in [1.165, 1.54) is 0 Å². The number of halogens is 1. The highest BCUT2D eigenvalue weighted by atomic mass is 35.5. The highest BCUT2D eigenvalue weighted by molar-refractivity contribution is 7.83. The van der Waals surface area contributed by atoms with Gasteiger partial charge in [0.2, 0.25) is 0 Å². The predicted molar refractivity (Wildman–Crippen MR) is 77.2 cm³/mol. The summed E-state index contributed by atoms with van der Waals surface area (Å²) in [4.78, 5) is 0. The highest BCUT2D eigenvalue weighted by Gasteiger charge is 2.10. The summed E-state index contributed by atoms with van der Waals surface area (Å²) in [5, 5.41) is 4.05. The Morgan fingerprint density at radius 2 is 2.00 bits per heavy atom. The second-order valence-corrected chi connectivity index (χ2v) is 7.28. The van der Waals surface area contributed by atoms with Crippen LogP contribution in [-0.4, -0.2) is 17.0 Å². The molecular weight excluding hydrogens is 254 g/mol. The maximum Gasteiger partial charge on any atom is 0.0498 e. The first-order valence-corrected chi connectivity index (χ1v) is 7.71. The van der Waals surface area contributed by atoms with Gasteiger partial charge in [0.05, 0.1) is 0 Å². The van der Waals surface area contributed by atoms with Crippen molar-refractivity contribution in [3.63, 3.8) is 0 Å². The molecule has 0 heterocycles. The molecule has 1 aromatic carbocycles. The highest BCUT2D eigenvalue weighted by Crippen LogP contribution is 2.23. The summed E-state index contributed by atoms with van der Waals surface area (Å²) in [6.07, 6.45) is 1.69. The second-order valence-electron chi connectivity index (χ2n) is 5.44. The molecule has 1 atom stereocenters. The molecule has 0 unspecified atom stereocenters. The fourth-order valence-corrected chi connectivity index (χ4v) is 2.32. The lowest BCUT2D eigenvalue weighted by Gasteiger charge is -2.20. The lowest BCUT2D eigenvalue weighted by atomic mass is 9.97. The van der Waals surface area contributed by atoms with Crippen LogP contribution >= 0.6 is 11.6 Å². The molecule has 0 amide bonds. The van der Waals surface area contributed by atoms with E-state index in [-0.39, 0.29) is 5.41 Å². The van der Waals surface area contributed by atoms with Crippen LogP contribution in [0.3, 0.4) is 0 Å². The Hall–Kier alpha value is -0.540. The van der Waals surface area contributed by atoms with Crippen molar-refractivity contribution in [2.24, 2.45) is 5.41 Å². The Labute approximate surface area is 111 Å². The molecule has 0 radical (unpaired) electrons. The van der Waals surface area contributed by atoms with Crippen LogP contribution in [0.25, 0.3) is 0 Å². The fraction of sp³-hybridized carbons (Fsp3) is 0.538. The first-order valence-electron chi connectivity index (χ1n) is 5.60. The van der Waals surface area contributed by atoms with Gasteiger partial charge in [-0.3, -0.25) is 4.21 Å². The van der Waals surface area contributed by atoms with E-state index >= 15 is 0 Å². The second kappa shape index (κ2) is 5.87. The van der Waals surface area contributed by atoms with Crippen LogP contribution in [0, 0.1) is 5.41 Å².